The number of aryl methyl sites for hydroxylation is 2. The summed E-state index contributed by atoms with van der Waals surface area (Å²) >= 11 is 3.40. The molecule has 0 N–H and O–H groups in total. The monoisotopic (exact) mass is 418 g/mol. The number of amides is 1. The van der Waals surface area contributed by atoms with Crippen molar-refractivity contribution in [2.75, 3.05) is 7.05 Å². The average molecular weight is 419 g/mol. The maximum Gasteiger partial charge on any atom is 0.289 e. The molecule has 7 heteroatoms. The lowest BCUT2D eigenvalue weighted by Crippen LogP contribution is -2.26. The quantitative estimate of drug-likeness (QED) is 0.589. The van der Waals surface area contributed by atoms with Crippen molar-refractivity contribution < 1.29 is 18.5 Å². The van der Waals surface area contributed by atoms with Gasteiger partial charge in [0.2, 0.25) is 0 Å². The maximum absolute atomic E-state index is 12.6. The van der Waals surface area contributed by atoms with Crippen molar-refractivity contribution in [3.63, 3.8) is 0 Å². The van der Waals surface area contributed by atoms with Gasteiger partial charge in [-0.1, -0.05) is 27.2 Å². The number of halogens is 1. The lowest BCUT2D eigenvalue weighted by molar-refractivity contribution is 0.0748. The molecule has 0 bridgehead atoms. The van der Waals surface area contributed by atoms with Gasteiger partial charge in [-0.3, -0.25) is 4.79 Å². The second kappa shape index (κ2) is 7.78. The number of carbonyl (C=O) groups excluding carboxylic acids is 1. The number of hydrogen-bond acceptors (Lipinski definition) is 5. The van der Waals surface area contributed by atoms with Gasteiger partial charge < -0.3 is 18.6 Å². The van der Waals surface area contributed by atoms with Crippen molar-refractivity contribution in [1.29, 1.82) is 0 Å². The van der Waals surface area contributed by atoms with Crippen LogP contribution in [-0.4, -0.2) is 23.0 Å². The minimum absolute atomic E-state index is 0.210. The fourth-order valence-corrected chi connectivity index (χ4v) is 2.88. The van der Waals surface area contributed by atoms with E-state index in [4.69, 9.17) is 13.7 Å². The lowest BCUT2D eigenvalue weighted by Gasteiger charge is -2.15. The molecule has 6 nitrogen and oxygen atoms in total. The van der Waals surface area contributed by atoms with E-state index in [1.54, 1.807) is 24.1 Å². The molecular weight excluding hydrogens is 400 g/mol. The normalized spacial score (nSPS) is 10.8. The fraction of sp³-hybridized carbons (Fsp3) is 0.263. The van der Waals surface area contributed by atoms with E-state index in [0.29, 0.717) is 18.1 Å². The highest BCUT2D eigenvalue weighted by Crippen LogP contribution is 2.20. The molecule has 3 aromatic rings. The van der Waals surface area contributed by atoms with Crippen LogP contribution in [0, 0.1) is 13.8 Å². The van der Waals surface area contributed by atoms with Crippen LogP contribution in [0.15, 0.2) is 49.8 Å². The summed E-state index contributed by atoms with van der Waals surface area (Å²) in [5.74, 6) is 2.08. The third kappa shape index (κ3) is 4.16. The first-order chi connectivity index (χ1) is 12.4. The third-order valence-electron chi connectivity index (χ3n) is 3.97. The van der Waals surface area contributed by atoms with Gasteiger partial charge in [0.25, 0.3) is 5.91 Å². The molecule has 3 rings (SSSR count). The van der Waals surface area contributed by atoms with Crippen molar-refractivity contribution >= 4 is 21.8 Å². The number of benzene rings is 1. The van der Waals surface area contributed by atoms with Gasteiger partial charge in [0.15, 0.2) is 5.76 Å². The molecule has 0 atom stereocenters. The Morgan fingerprint density at radius 2 is 2.08 bits per heavy atom. The minimum atomic E-state index is -0.210. The molecule has 0 saturated heterocycles. The Morgan fingerprint density at radius 1 is 1.27 bits per heavy atom. The smallest absolute Gasteiger partial charge is 0.289 e. The van der Waals surface area contributed by atoms with Gasteiger partial charge in [-0.05, 0) is 44.2 Å². The average Bonchev–Trinajstić information content (AvgIpc) is 3.21. The number of rotatable bonds is 6. The van der Waals surface area contributed by atoms with Gasteiger partial charge >= 0.3 is 0 Å². The molecule has 0 aliphatic heterocycles. The molecule has 0 aliphatic rings. The van der Waals surface area contributed by atoms with Crippen LogP contribution in [-0.2, 0) is 13.2 Å². The van der Waals surface area contributed by atoms with E-state index >= 15 is 0 Å². The largest absolute Gasteiger partial charge is 0.486 e. The number of carbonyl (C=O) groups is 1. The molecule has 2 aromatic heterocycles. The molecule has 1 aromatic carbocycles. The van der Waals surface area contributed by atoms with Gasteiger partial charge in [-0.15, -0.1) is 0 Å². The summed E-state index contributed by atoms with van der Waals surface area (Å²) in [6.07, 6.45) is 0. The molecular formula is C19H19BrN2O4. The molecule has 0 radical (unpaired) electrons. The Hall–Kier alpha value is -2.54. The first-order valence-electron chi connectivity index (χ1n) is 8.08. The summed E-state index contributed by atoms with van der Waals surface area (Å²) < 4.78 is 17.4. The highest BCUT2D eigenvalue weighted by molar-refractivity contribution is 9.10. The number of ether oxygens (including phenoxy) is 1. The van der Waals surface area contributed by atoms with Crippen LogP contribution in [0.3, 0.4) is 0 Å². The Balaban J connectivity index is 1.62. The summed E-state index contributed by atoms with van der Waals surface area (Å²) in [5, 5.41) is 3.91. The van der Waals surface area contributed by atoms with Gasteiger partial charge in [-0.2, -0.15) is 0 Å². The number of hydrogen-bond donors (Lipinski definition) is 0. The van der Waals surface area contributed by atoms with Crippen molar-refractivity contribution in [1.82, 2.24) is 10.1 Å². The number of nitrogens with zero attached hydrogens (tertiary/aromatic N) is 2. The van der Waals surface area contributed by atoms with Gasteiger partial charge in [0.05, 0.1) is 12.2 Å². The van der Waals surface area contributed by atoms with Crippen molar-refractivity contribution in [3.05, 3.63) is 69.4 Å². The Morgan fingerprint density at radius 3 is 2.77 bits per heavy atom. The molecule has 0 fully saturated rings. The van der Waals surface area contributed by atoms with Crippen LogP contribution < -0.4 is 4.74 Å². The van der Waals surface area contributed by atoms with Gasteiger partial charge in [-0.25, -0.2) is 0 Å². The SMILES string of the molecule is Cc1noc(C)c1CN(C)C(=O)c1ccc(COc2cccc(Br)c2)o1. The van der Waals surface area contributed by atoms with Crippen LogP contribution in [0.2, 0.25) is 0 Å². The fourth-order valence-electron chi connectivity index (χ4n) is 2.51. The summed E-state index contributed by atoms with van der Waals surface area (Å²) in [5.41, 5.74) is 1.69. The standard InChI is InChI=1S/C19H19BrN2O4/c1-12-17(13(2)26-21-12)10-22(3)19(23)18-8-7-16(25-18)11-24-15-6-4-5-14(20)9-15/h4-9H,10-11H2,1-3H3. The van der Waals surface area contributed by atoms with Crippen molar-refractivity contribution in [2.24, 2.45) is 0 Å². The van der Waals surface area contributed by atoms with Gasteiger partial charge in [0, 0.05) is 17.1 Å². The van der Waals surface area contributed by atoms with E-state index in [2.05, 4.69) is 21.1 Å². The van der Waals surface area contributed by atoms with Crippen LogP contribution >= 0.6 is 15.9 Å². The Labute approximate surface area is 159 Å². The lowest BCUT2D eigenvalue weighted by atomic mass is 10.2. The minimum Gasteiger partial charge on any atom is -0.486 e. The number of furan rings is 1. The molecule has 0 spiro atoms. The molecule has 26 heavy (non-hydrogen) atoms. The molecule has 0 unspecified atom stereocenters. The summed E-state index contributed by atoms with van der Waals surface area (Å²) in [6, 6.07) is 10.9. The predicted octanol–water partition coefficient (Wildman–Crippen LogP) is 4.50. The van der Waals surface area contributed by atoms with Gasteiger partial charge in [0.1, 0.15) is 23.9 Å². The van der Waals surface area contributed by atoms with E-state index < -0.39 is 0 Å². The van der Waals surface area contributed by atoms with E-state index in [-0.39, 0.29) is 18.3 Å². The highest BCUT2D eigenvalue weighted by atomic mass is 79.9. The van der Waals surface area contributed by atoms with Crippen LogP contribution in [0.5, 0.6) is 5.75 Å². The zero-order valence-electron chi connectivity index (χ0n) is 14.8. The second-order valence-corrected chi connectivity index (χ2v) is 6.89. The zero-order chi connectivity index (χ0) is 18.7. The molecule has 2 heterocycles. The van der Waals surface area contributed by atoms with E-state index in [0.717, 1.165) is 21.5 Å². The molecule has 1 amide bonds. The summed E-state index contributed by atoms with van der Waals surface area (Å²) in [4.78, 5) is 14.1. The topological polar surface area (TPSA) is 68.7 Å². The zero-order valence-corrected chi connectivity index (χ0v) is 16.4. The van der Waals surface area contributed by atoms with Crippen LogP contribution in [0.4, 0.5) is 0 Å². The Kier molecular flexibility index (Phi) is 5.46. The van der Waals surface area contributed by atoms with E-state index in [1.807, 2.05) is 38.1 Å². The first-order valence-corrected chi connectivity index (χ1v) is 8.87. The van der Waals surface area contributed by atoms with Crippen LogP contribution in [0.25, 0.3) is 0 Å². The summed E-state index contributed by atoms with van der Waals surface area (Å²) in [6.45, 7) is 4.34. The van der Waals surface area contributed by atoms with Crippen molar-refractivity contribution in [3.8, 4) is 5.75 Å². The van der Waals surface area contributed by atoms with Crippen molar-refractivity contribution in [2.45, 2.75) is 27.0 Å². The predicted molar refractivity (Wildman–Crippen MR) is 99.0 cm³/mol. The maximum atomic E-state index is 12.6. The van der Waals surface area contributed by atoms with E-state index in [9.17, 15) is 4.79 Å². The second-order valence-electron chi connectivity index (χ2n) is 5.98. The third-order valence-corrected chi connectivity index (χ3v) is 4.47. The number of aromatic nitrogens is 1. The first kappa shape index (κ1) is 18.3. The van der Waals surface area contributed by atoms with Crippen LogP contribution in [0.1, 0.15) is 33.3 Å². The van der Waals surface area contributed by atoms with E-state index in [1.165, 1.54) is 0 Å². The molecule has 0 saturated carbocycles. The Bertz CT molecular complexity index is 896. The molecule has 136 valence electrons. The molecule has 0 aliphatic carbocycles. The highest BCUT2D eigenvalue weighted by Gasteiger charge is 2.19. The summed E-state index contributed by atoms with van der Waals surface area (Å²) in [7, 11) is 1.72.